The fourth-order valence-electron chi connectivity index (χ4n) is 1.61. The van der Waals surface area contributed by atoms with E-state index in [0.29, 0.717) is 11.0 Å². The number of aromatic nitrogens is 1. The number of rotatable bonds is 5. The lowest BCUT2D eigenvalue weighted by molar-refractivity contribution is 0.581. The van der Waals surface area contributed by atoms with Crippen LogP contribution in [0.5, 0.6) is 0 Å². The van der Waals surface area contributed by atoms with Gasteiger partial charge in [-0.15, -0.1) is 11.3 Å². The van der Waals surface area contributed by atoms with Gasteiger partial charge in [0.15, 0.2) is 0 Å². The largest absolute Gasteiger partial charge is 0.326 e. The monoisotopic (exact) mass is 375 g/mol. The SMILES string of the molecule is Cc1ncc(CNS(=O)(=O)c2cc(CN)ccc2Br)s1. The minimum absolute atomic E-state index is 0.196. The number of nitrogens with zero attached hydrogens (tertiary/aromatic N) is 1. The Labute approximate surface area is 130 Å². The number of aryl methyl sites for hydroxylation is 1. The van der Waals surface area contributed by atoms with Gasteiger partial charge in [0.2, 0.25) is 10.0 Å². The lowest BCUT2D eigenvalue weighted by Crippen LogP contribution is -2.23. The first-order valence-electron chi connectivity index (χ1n) is 5.82. The Morgan fingerprint density at radius 1 is 1.45 bits per heavy atom. The van der Waals surface area contributed by atoms with Crippen LogP contribution in [0.1, 0.15) is 15.4 Å². The highest BCUT2D eigenvalue weighted by Gasteiger charge is 2.18. The third-order valence-electron chi connectivity index (χ3n) is 2.63. The highest BCUT2D eigenvalue weighted by Crippen LogP contribution is 2.23. The van der Waals surface area contributed by atoms with E-state index in [1.807, 2.05) is 6.92 Å². The van der Waals surface area contributed by atoms with Gasteiger partial charge in [-0.2, -0.15) is 0 Å². The van der Waals surface area contributed by atoms with E-state index < -0.39 is 10.0 Å². The number of nitrogens with two attached hydrogens (primary N) is 1. The molecule has 0 radical (unpaired) electrons. The molecule has 1 aromatic heterocycles. The van der Waals surface area contributed by atoms with Gasteiger partial charge in [-0.3, -0.25) is 0 Å². The maximum absolute atomic E-state index is 12.3. The van der Waals surface area contributed by atoms with Crippen LogP contribution in [0.2, 0.25) is 0 Å². The molecule has 3 N–H and O–H groups in total. The second-order valence-electron chi connectivity index (χ2n) is 4.14. The van der Waals surface area contributed by atoms with Crippen molar-refractivity contribution in [2.45, 2.75) is 24.9 Å². The van der Waals surface area contributed by atoms with Gasteiger partial charge >= 0.3 is 0 Å². The molecule has 2 aromatic rings. The number of halogens is 1. The van der Waals surface area contributed by atoms with Gasteiger partial charge in [0, 0.05) is 28.6 Å². The lowest BCUT2D eigenvalue weighted by Gasteiger charge is -2.09. The summed E-state index contributed by atoms with van der Waals surface area (Å²) in [4.78, 5) is 5.16. The molecule has 0 spiro atoms. The number of sulfonamides is 1. The van der Waals surface area contributed by atoms with Crippen LogP contribution in [-0.2, 0) is 23.1 Å². The fraction of sp³-hybridized carbons (Fsp3) is 0.250. The van der Waals surface area contributed by atoms with Crippen molar-refractivity contribution in [2.24, 2.45) is 5.73 Å². The first kappa shape index (κ1) is 15.6. The third kappa shape index (κ3) is 3.64. The predicted octanol–water partition coefficient (Wildman–Crippen LogP) is 2.15. The molecule has 20 heavy (non-hydrogen) atoms. The van der Waals surface area contributed by atoms with Crippen molar-refractivity contribution in [2.75, 3.05) is 0 Å². The second-order valence-corrected chi connectivity index (χ2v) is 8.05. The summed E-state index contributed by atoms with van der Waals surface area (Å²) in [5.74, 6) is 0. The van der Waals surface area contributed by atoms with Crippen molar-refractivity contribution < 1.29 is 8.42 Å². The molecule has 0 aliphatic heterocycles. The van der Waals surface area contributed by atoms with E-state index >= 15 is 0 Å². The zero-order valence-electron chi connectivity index (χ0n) is 10.8. The first-order valence-corrected chi connectivity index (χ1v) is 8.91. The van der Waals surface area contributed by atoms with Crippen molar-refractivity contribution in [3.8, 4) is 0 Å². The van der Waals surface area contributed by atoms with Gasteiger partial charge in [0.05, 0.1) is 9.90 Å². The van der Waals surface area contributed by atoms with Gasteiger partial charge < -0.3 is 5.73 Å². The molecule has 0 atom stereocenters. The third-order valence-corrected chi connectivity index (χ3v) is 5.93. The molecule has 8 heteroatoms. The van der Waals surface area contributed by atoms with Crippen LogP contribution in [0, 0.1) is 6.92 Å². The van der Waals surface area contributed by atoms with E-state index in [2.05, 4.69) is 25.6 Å². The zero-order valence-corrected chi connectivity index (χ0v) is 14.0. The standard InChI is InChI=1S/C12H14BrN3O2S2/c1-8-15-6-10(19-8)7-16-20(17,18)12-4-9(5-14)2-3-11(12)13/h2-4,6,16H,5,7,14H2,1H3. The number of hydrogen-bond acceptors (Lipinski definition) is 5. The highest BCUT2D eigenvalue weighted by molar-refractivity contribution is 9.10. The average Bonchev–Trinajstić information content (AvgIpc) is 2.83. The maximum Gasteiger partial charge on any atom is 0.242 e. The fourth-order valence-corrected chi connectivity index (χ4v) is 4.46. The van der Waals surface area contributed by atoms with Crippen molar-refractivity contribution in [1.82, 2.24) is 9.71 Å². The van der Waals surface area contributed by atoms with E-state index in [0.717, 1.165) is 15.4 Å². The molecule has 108 valence electrons. The van der Waals surface area contributed by atoms with Gasteiger partial charge in [-0.25, -0.2) is 18.1 Å². The predicted molar refractivity (Wildman–Crippen MR) is 82.9 cm³/mol. The normalized spacial score (nSPS) is 11.8. The molecule has 0 bridgehead atoms. The number of thiazole rings is 1. The molecule has 0 aliphatic rings. The van der Waals surface area contributed by atoms with Crippen LogP contribution in [0.25, 0.3) is 0 Å². The van der Waals surface area contributed by atoms with Gasteiger partial charge in [-0.1, -0.05) is 6.07 Å². The summed E-state index contributed by atoms with van der Waals surface area (Å²) in [5, 5.41) is 0.908. The number of hydrogen-bond donors (Lipinski definition) is 2. The molecular weight excluding hydrogens is 362 g/mol. The van der Waals surface area contributed by atoms with Crippen molar-refractivity contribution in [1.29, 1.82) is 0 Å². The van der Waals surface area contributed by atoms with Gasteiger partial charge in [0.1, 0.15) is 0 Å². The maximum atomic E-state index is 12.3. The molecule has 0 aliphatic carbocycles. The summed E-state index contributed by atoms with van der Waals surface area (Å²) in [7, 11) is -3.59. The smallest absolute Gasteiger partial charge is 0.242 e. The Morgan fingerprint density at radius 3 is 2.80 bits per heavy atom. The van der Waals surface area contributed by atoms with Crippen molar-refractivity contribution >= 4 is 37.3 Å². The van der Waals surface area contributed by atoms with Gasteiger partial charge in [-0.05, 0) is 40.5 Å². The first-order chi connectivity index (χ1) is 9.42. The van der Waals surface area contributed by atoms with Gasteiger partial charge in [0.25, 0.3) is 0 Å². The van der Waals surface area contributed by atoms with E-state index in [1.165, 1.54) is 11.3 Å². The van der Waals surface area contributed by atoms with E-state index in [1.54, 1.807) is 24.4 Å². The topological polar surface area (TPSA) is 85.1 Å². The Balaban J connectivity index is 2.21. The summed E-state index contributed by atoms with van der Waals surface area (Å²) in [6, 6.07) is 5.05. The summed E-state index contributed by atoms with van der Waals surface area (Å²) in [6.07, 6.45) is 1.67. The molecule has 1 heterocycles. The van der Waals surface area contributed by atoms with Crippen LogP contribution in [-0.4, -0.2) is 13.4 Å². The Kier molecular flexibility index (Phi) is 4.92. The molecule has 0 saturated carbocycles. The van der Waals surface area contributed by atoms with Crippen LogP contribution >= 0.6 is 27.3 Å². The molecule has 5 nitrogen and oxygen atoms in total. The quantitative estimate of drug-likeness (QED) is 0.838. The summed E-state index contributed by atoms with van der Waals surface area (Å²) < 4.78 is 27.7. The Morgan fingerprint density at radius 2 is 2.20 bits per heavy atom. The molecule has 0 saturated heterocycles. The van der Waals surface area contributed by atoms with Crippen LogP contribution in [0.3, 0.4) is 0 Å². The number of nitrogens with one attached hydrogen (secondary N) is 1. The minimum Gasteiger partial charge on any atom is -0.326 e. The number of benzene rings is 1. The Bertz CT molecular complexity index is 713. The highest BCUT2D eigenvalue weighted by atomic mass is 79.9. The van der Waals surface area contributed by atoms with Crippen molar-refractivity contribution in [3.05, 3.63) is 44.3 Å². The van der Waals surface area contributed by atoms with E-state index in [4.69, 9.17) is 5.73 Å². The summed E-state index contributed by atoms with van der Waals surface area (Å²) in [6.45, 7) is 2.40. The molecule has 0 fully saturated rings. The van der Waals surface area contributed by atoms with Crippen LogP contribution < -0.4 is 10.5 Å². The molecule has 2 rings (SSSR count). The van der Waals surface area contributed by atoms with Crippen LogP contribution in [0.15, 0.2) is 33.8 Å². The minimum atomic E-state index is -3.59. The van der Waals surface area contributed by atoms with E-state index in [9.17, 15) is 8.42 Å². The zero-order chi connectivity index (χ0) is 14.8. The lowest BCUT2D eigenvalue weighted by atomic mass is 10.2. The Hall–Kier alpha value is -0.800. The molecule has 0 amide bonds. The summed E-state index contributed by atoms with van der Waals surface area (Å²) >= 11 is 4.72. The molecular formula is C12H14BrN3O2S2. The van der Waals surface area contributed by atoms with E-state index in [-0.39, 0.29) is 11.4 Å². The van der Waals surface area contributed by atoms with Crippen molar-refractivity contribution in [3.63, 3.8) is 0 Å². The summed E-state index contributed by atoms with van der Waals surface area (Å²) in [5.41, 5.74) is 6.31. The van der Waals surface area contributed by atoms with Crippen LogP contribution in [0.4, 0.5) is 0 Å². The molecule has 0 unspecified atom stereocenters. The second kappa shape index (κ2) is 6.31. The average molecular weight is 376 g/mol. The molecule has 1 aromatic carbocycles.